The van der Waals surface area contributed by atoms with Crippen molar-refractivity contribution >= 4 is 61.9 Å². The number of ketones is 1. The molecule has 0 bridgehead atoms. The first-order valence-corrected chi connectivity index (χ1v) is 25.5. The Kier molecular flexibility index (Phi) is 11.9. The molecular formula is C50H53F3N10O6S. The summed E-state index contributed by atoms with van der Waals surface area (Å²) in [6, 6.07) is 12.7. The van der Waals surface area contributed by atoms with Crippen molar-refractivity contribution in [3.63, 3.8) is 0 Å². The number of alkyl halides is 1. The fourth-order valence-corrected chi connectivity index (χ4v) is 12.7. The number of aromatic nitrogens is 3. The van der Waals surface area contributed by atoms with Crippen LogP contribution in [0.4, 0.5) is 30.4 Å². The van der Waals surface area contributed by atoms with Crippen LogP contribution in [0, 0.1) is 23.0 Å². The summed E-state index contributed by atoms with van der Waals surface area (Å²) in [6.45, 7) is 6.86. The molecule has 6 aliphatic heterocycles. The highest BCUT2D eigenvalue weighted by molar-refractivity contribution is 7.90. The summed E-state index contributed by atoms with van der Waals surface area (Å²) < 4.78 is 73.3. The molecule has 11 rings (SSSR count). The maximum absolute atomic E-state index is 15.8. The minimum atomic E-state index is -4.36. The van der Waals surface area contributed by atoms with Crippen LogP contribution in [0.3, 0.4) is 0 Å². The van der Waals surface area contributed by atoms with Crippen molar-refractivity contribution in [3.8, 4) is 11.1 Å². The molecule has 16 nitrogen and oxygen atoms in total. The van der Waals surface area contributed by atoms with Crippen molar-refractivity contribution in [1.29, 1.82) is 0 Å². The summed E-state index contributed by atoms with van der Waals surface area (Å²) in [5.41, 5.74) is 3.01. The first-order chi connectivity index (χ1) is 33.7. The van der Waals surface area contributed by atoms with Crippen molar-refractivity contribution in [2.45, 2.75) is 70.1 Å². The fraction of sp³-hybridized carbons (Fsp3) is 0.440. The molecule has 2 atom stereocenters. The number of nitrogens with one attached hydrogen (secondary N) is 3. The quantitative estimate of drug-likeness (QED) is 0.107. The molecule has 2 aromatic carbocycles. The van der Waals surface area contributed by atoms with Gasteiger partial charge in [0.1, 0.15) is 29.5 Å². The van der Waals surface area contributed by atoms with Gasteiger partial charge in [0.25, 0.3) is 5.91 Å². The third-order valence-electron chi connectivity index (χ3n) is 15.5. The van der Waals surface area contributed by atoms with Crippen LogP contribution in [-0.4, -0.2) is 132 Å². The Balaban J connectivity index is 0.675. The van der Waals surface area contributed by atoms with E-state index in [0.717, 1.165) is 111 Å². The maximum Gasteiger partial charge on any atom is 0.301 e. The monoisotopic (exact) mass is 978 g/mol. The average molecular weight is 979 g/mol. The molecule has 0 aliphatic carbocycles. The average Bonchev–Trinajstić information content (AvgIpc) is 4.16. The van der Waals surface area contributed by atoms with Crippen LogP contribution in [0.2, 0.25) is 0 Å². The van der Waals surface area contributed by atoms with Gasteiger partial charge >= 0.3 is 10.2 Å². The number of pyridine rings is 2. The summed E-state index contributed by atoms with van der Waals surface area (Å²) in [5, 5.41) is 2.69. The largest absolute Gasteiger partial charge is 0.372 e. The Hall–Kier alpha value is -6.38. The molecule has 3 amide bonds. The second-order valence-electron chi connectivity index (χ2n) is 19.8. The highest BCUT2D eigenvalue weighted by Gasteiger charge is 2.42. The molecule has 9 heterocycles. The van der Waals surface area contributed by atoms with Gasteiger partial charge in [-0.05, 0) is 117 Å². The number of piperidine rings is 3. The van der Waals surface area contributed by atoms with Gasteiger partial charge in [0.05, 0.1) is 11.3 Å². The van der Waals surface area contributed by atoms with Gasteiger partial charge in [0, 0.05) is 117 Å². The van der Waals surface area contributed by atoms with E-state index >= 15 is 8.78 Å². The van der Waals surface area contributed by atoms with E-state index in [9.17, 15) is 32.0 Å². The van der Waals surface area contributed by atoms with E-state index in [0.29, 0.717) is 41.0 Å². The number of carbonyl (C=O) groups is 4. The zero-order valence-electron chi connectivity index (χ0n) is 38.4. The van der Waals surface area contributed by atoms with Crippen molar-refractivity contribution in [2.75, 3.05) is 73.4 Å². The fourth-order valence-electron chi connectivity index (χ4n) is 11.5. The molecule has 5 aromatic rings. The number of nitrogens with zero attached hydrogens (tertiary/aromatic N) is 7. The standard InChI is InChI=1S/C50H53F3N10O6S/c51-34-11-17-62(28-34)70(68,69)58-40-5-4-39(52)44(45(40)53)46(65)38-25-56-47-37(38)22-32(24-55-47)31-1-7-42(54-23-31)61-19-13-50(14-20-61)12-18-59(29-50)26-30-9-15-60(16-10-30)35-2-3-36-33(21-35)27-63(49(36)67)41-6-8-43(64)57-48(41)66/h1-5,7,21-25,30,34,41,58H,6,8-20,26-29H2,(H,55,56)(H,57,64,66)/t34-,41?/m1/s1. The lowest BCUT2D eigenvalue weighted by Gasteiger charge is -2.40. The first-order valence-electron chi connectivity index (χ1n) is 24.1. The van der Waals surface area contributed by atoms with Crippen LogP contribution < -0.4 is 19.8 Å². The van der Waals surface area contributed by atoms with E-state index in [1.54, 1.807) is 23.4 Å². The number of halogens is 3. The topological polar surface area (TPSA) is 184 Å². The number of anilines is 3. The number of imide groups is 1. The van der Waals surface area contributed by atoms with Crippen LogP contribution in [-0.2, 0) is 26.3 Å². The van der Waals surface area contributed by atoms with E-state index in [4.69, 9.17) is 4.98 Å². The number of aromatic amines is 1. The maximum atomic E-state index is 15.8. The molecule has 0 saturated carbocycles. The van der Waals surface area contributed by atoms with Crippen molar-refractivity contribution in [3.05, 3.63) is 101 Å². The molecule has 1 spiro atoms. The molecular weight excluding hydrogens is 926 g/mol. The number of likely N-dealkylation sites (tertiary alicyclic amines) is 1. The molecule has 5 fully saturated rings. The lowest BCUT2D eigenvalue weighted by atomic mass is 9.77. The van der Waals surface area contributed by atoms with Crippen LogP contribution in [0.25, 0.3) is 22.2 Å². The van der Waals surface area contributed by atoms with E-state index in [1.165, 1.54) is 12.6 Å². The lowest BCUT2D eigenvalue weighted by molar-refractivity contribution is -0.136. The molecule has 6 aliphatic rings. The molecule has 1 unspecified atom stereocenters. The Morgan fingerprint density at radius 3 is 2.39 bits per heavy atom. The van der Waals surface area contributed by atoms with E-state index in [1.807, 2.05) is 29.0 Å². The van der Waals surface area contributed by atoms with Gasteiger partial charge in [-0.2, -0.15) is 12.7 Å². The number of H-pyrrole nitrogens is 1. The number of amides is 3. The van der Waals surface area contributed by atoms with Crippen LogP contribution in [0.5, 0.6) is 0 Å². The van der Waals surface area contributed by atoms with Gasteiger partial charge in [-0.15, -0.1) is 0 Å². The van der Waals surface area contributed by atoms with Gasteiger partial charge in [-0.25, -0.2) is 23.1 Å². The molecule has 3 aromatic heterocycles. The number of hydrogen-bond acceptors (Lipinski definition) is 11. The molecule has 5 saturated heterocycles. The van der Waals surface area contributed by atoms with Crippen LogP contribution >= 0.6 is 0 Å². The number of rotatable bonds is 11. The van der Waals surface area contributed by atoms with Gasteiger partial charge in [-0.3, -0.25) is 29.2 Å². The number of hydrogen-bond donors (Lipinski definition) is 3. The summed E-state index contributed by atoms with van der Waals surface area (Å²) in [6.07, 6.45) is 9.45. The van der Waals surface area contributed by atoms with Crippen LogP contribution in [0.15, 0.2) is 67.1 Å². The molecule has 20 heteroatoms. The van der Waals surface area contributed by atoms with E-state index in [2.05, 4.69) is 36.1 Å². The van der Waals surface area contributed by atoms with Gasteiger partial charge in [0.2, 0.25) is 17.6 Å². The Bertz CT molecular complexity index is 3030. The summed E-state index contributed by atoms with van der Waals surface area (Å²) in [7, 11) is -4.36. The highest BCUT2D eigenvalue weighted by atomic mass is 32.2. The zero-order valence-corrected chi connectivity index (χ0v) is 39.2. The minimum absolute atomic E-state index is 0.00240. The van der Waals surface area contributed by atoms with Gasteiger partial charge in [-0.1, -0.05) is 0 Å². The lowest BCUT2D eigenvalue weighted by Crippen LogP contribution is -2.52. The summed E-state index contributed by atoms with van der Waals surface area (Å²) >= 11 is 0. The van der Waals surface area contributed by atoms with Crippen molar-refractivity contribution in [2.24, 2.45) is 11.3 Å². The molecule has 366 valence electrons. The molecule has 0 radical (unpaired) electrons. The SMILES string of the molecule is O=C1CCC(N2Cc3cc(N4CCC(CN5CCC6(CCN(c7ccc(-c8cnc9[nH]cc(C(=O)c%10c(F)ccc(NS(=O)(=O)N%11CC[C@@H](F)C%11)c%10F)c9c8)cn7)CC6)C5)CC4)ccc3C2=O)C(=O)N1. The van der Waals surface area contributed by atoms with Gasteiger partial charge in [0.15, 0.2) is 5.82 Å². The normalized spacial score (nSPS) is 22.4. The Morgan fingerprint density at radius 1 is 0.857 bits per heavy atom. The van der Waals surface area contributed by atoms with Crippen molar-refractivity contribution < 1.29 is 40.8 Å². The number of carbonyl (C=O) groups excluding carboxylic acids is 4. The van der Waals surface area contributed by atoms with Crippen LogP contribution in [0.1, 0.15) is 83.2 Å². The minimum Gasteiger partial charge on any atom is -0.372 e. The predicted molar refractivity (Wildman–Crippen MR) is 255 cm³/mol. The molecule has 70 heavy (non-hydrogen) atoms. The second-order valence-corrected chi connectivity index (χ2v) is 21.5. The zero-order chi connectivity index (χ0) is 48.5. The Labute approximate surface area is 402 Å². The first kappa shape index (κ1) is 46.0. The van der Waals surface area contributed by atoms with Gasteiger partial charge < -0.3 is 24.6 Å². The Morgan fingerprint density at radius 2 is 1.64 bits per heavy atom. The third kappa shape index (κ3) is 8.67. The molecule has 3 N–H and O–H groups in total. The summed E-state index contributed by atoms with van der Waals surface area (Å²) in [4.78, 5) is 72.3. The summed E-state index contributed by atoms with van der Waals surface area (Å²) in [5.74, 6) is -2.93. The number of fused-ring (bicyclic) bond motifs is 2. The van der Waals surface area contributed by atoms with Crippen molar-refractivity contribution in [1.82, 2.24) is 34.4 Å². The van der Waals surface area contributed by atoms with E-state index in [-0.39, 0.29) is 48.7 Å². The smallest absolute Gasteiger partial charge is 0.301 e. The second kappa shape index (κ2) is 18.1. The predicted octanol–water partition coefficient (Wildman–Crippen LogP) is 5.80. The third-order valence-corrected chi connectivity index (χ3v) is 17.0. The number of benzene rings is 2. The van der Waals surface area contributed by atoms with E-state index < -0.39 is 57.0 Å². The highest BCUT2D eigenvalue weighted by Crippen LogP contribution is 2.42.